The second-order valence-electron chi connectivity index (χ2n) is 7.71. The summed E-state index contributed by atoms with van der Waals surface area (Å²) in [5.41, 5.74) is 1.37. The second-order valence-corrected chi connectivity index (χ2v) is 8.85. The second kappa shape index (κ2) is 11.0. The quantitative estimate of drug-likeness (QED) is 0.341. The van der Waals surface area contributed by atoms with Crippen LogP contribution in [0.5, 0.6) is 0 Å². The van der Waals surface area contributed by atoms with Crippen LogP contribution in [0, 0.1) is 11.6 Å². The first-order chi connectivity index (χ1) is 15.2. The van der Waals surface area contributed by atoms with E-state index in [4.69, 9.17) is 4.74 Å². The van der Waals surface area contributed by atoms with Crippen molar-refractivity contribution in [3.05, 3.63) is 47.9 Å². The Morgan fingerprint density at radius 1 is 1.06 bits per heavy atom. The minimum absolute atomic E-state index is 0.364. The predicted octanol–water partition coefficient (Wildman–Crippen LogP) is 4.29. The zero-order valence-corrected chi connectivity index (χ0v) is 18.3. The molecular formula is C22H27F2N5OS. The average molecular weight is 448 g/mol. The van der Waals surface area contributed by atoms with Crippen LogP contribution in [0.4, 0.5) is 8.78 Å². The van der Waals surface area contributed by atoms with Gasteiger partial charge in [0, 0.05) is 61.0 Å². The van der Waals surface area contributed by atoms with Crippen LogP contribution in [0.15, 0.2) is 35.5 Å². The van der Waals surface area contributed by atoms with Gasteiger partial charge in [-0.2, -0.15) is 0 Å². The van der Waals surface area contributed by atoms with Gasteiger partial charge in [0.05, 0.1) is 24.4 Å². The molecule has 6 nitrogen and oxygen atoms in total. The van der Waals surface area contributed by atoms with Gasteiger partial charge in [0.2, 0.25) is 0 Å². The van der Waals surface area contributed by atoms with Gasteiger partial charge in [0.1, 0.15) is 11.6 Å². The van der Waals surface area contributed by atoms with Gasteiger partial charge in [-0.1, -0.05) is 18.1 Å². The van der Waals surface area contributed by atoms with E-state index < -0.39 is 11.6 Å². The molecule has 0 saturated carbocycles. The maximum absolute atomic E-state index is 14.2. The van der Waals surface area contributed by atoms with E-state index in [1.54, 1.807) is 24.0 Å². The van der Waals surface area contributed by atoms with Crippen LogP contribution >= 0.6 is 11.8 Å². The molecule has 3 heterocycles. The van der Waals surface area contributed by atoms with Gasteiger partial charge in [-0.25, -0.2) is 8.78 Å². The van der Waals surface area contributed by atoms with Crippen LogP contribution in [-0.2, 0) is 17.8 Å². The van der Waals surface area contributed by atoms with E-state index in [-0.39, 0.29) is 0 Å². The number of hydrogen-bond acceptors (Lipinski definition) is 6. The Labute approximate surface area is 185 Å². The lowest BCUT2D eigenvalue weighted by atomic mass is 10.2. The smallest absolute Gasteiger partial charge is 0.136 e. The maximum atomic E-state index is 14.2. The molecule has 1 aliphatic heterocycles. The number of fused-ring (bicyclic) bond motifs is 1. The normalized spacial score (nSPS) is 15.0. The van der Waals surface area contributed by atoms with E-state index >= 15 is 0 Å². The maximum Gasteiger partial charge on any atom is 0.136 e. The fourth-order valence-electron chi connectivity index (χ4n) is 3.71. The van der Waals surface area contributed by atoms with Crippen LogP contribution in [0.2, 0.25) is 0 Å². The number of morpholine rings is 1. The summed E-state index contributed by atoms with van der Waals surface area (Å²) in [6, 6.07) is 4.00. The zero-order chi connectivity index (χ0) is 21.5. The first kappa shape index (κ1) is 22.1. The molecule has 166 valence electrons. The van der Waals surface area contributed by atoms with E-state index in [0.29, 0.717) is 10.9 Å². The highest BCUT2D eigenvalue weighted by Crippen LogP contribution is 2.30. The van der Waals surface area contributed by atoms with E-state index in [0.717, 1.165) is 87.5 Å². The Kier molecular flexibility index (Phi) is 7.82. The largest absolute Gasteiger partial charge is 0.379 e. The molecule has 2 aromatic heterocycles. The summed E-state index contributed by atoms with van der Waals surface area (Å²) in [5.74, 6) is -0.255. The number of ether oxygens (including phenoxy) is 1. The van der Waals surface area contributed by atoms with Crippen molar-refractivity contribution in [2.45, 2.75) is 43.7 Å². The van der Waals surface area contributed by atoms with Gasteiger partial charge < -0.3 is 4.74 Å². The van der Waals surface area contributed by atoms with Crippen molar-refractivity contribution < 1.29 is 13.5 Å². The summed E-state index contributed by atoms with van der Waals surface area (Å²) in [6.45, 7) is 5.18. The lowest BCUT2D eigenvalue weighted by molar-refractivity contribution is 0.0336. The number of halogens is 2. The van der Waals surface area contributed by atoms with Gasteiger partial charge in [0.15, 0.2) is 0 Å². The average Bonchev–Trinajstić information content (AvgIpc) is 3.20. The van der Waals surface area contributed by atoms with Crippen molar-refractivity contribution in [2.75, 3.05) is 32.1 Å². The third-order valence-corrected chi connectivity index (χ3v) is 6.48. The molecule has 0 radical (unpaired) electrons. The van der Waals surface area contributed by atoms with Crippen LogP contribution in [-0.4, -0.2) is 56.9 Å². The van der Waals surface area contributed by atoms with Gasteiger partial charge >= 0.3 is 0 Å². The number of aryl methyl sites for hydroxylation is 1. The summed E-state index contributed by atoms with van der Waals surface area (Å²) < 4.78 is 34.8. The Balaban J connectivity index is 1.14. The standard InChI is InChI=1S/C22H27F2N5OS/c23-17-13-19(24)22-20(14-17)25-6-5-21(22)31-12-4-2-1-3-7-29-16-18(26-27-29)15-28-8-10-30-11-9-28/h5-6,13-14,16H,1-4,7-12,15H2. The molecule has 1 saturated heterocycles. The molecule has 1 aliphatic rings. The Bertz CT molecular complexity index is 993. The molecule has 0 amide bonds. The Morgan fingerprint density at radius 3 is 2.77 bits per heavy atom. The molecular weight excluding hydrogens is 420 g/mol. The van der Waals surface area contributed by atoms with Crippen LogP contribution in [0.1, 0.15) is 31.4 Å². The fraction of sp³-hybridized carbons (Fsp3) is 0.500. The summed E-state index contributed by atoms with van der Waals surface area (Å²) in [7, 11) is 0. The fourth-order valence-corrected chi connectivity index (χ4v) is 4.79. The van der Waals surface area contributed by atoms with Crippen molar-refractivity contribution in [3.8, 4) is 0 Å². The number of nitrogens with zero attached hydrogens (tertiary/aromatic N) is 5. The number of benzene rings is 1. The molecule has 0 atom stereocenters. The van der Waals surface area contributed by atoms with Gasteiger partial charge in [-0.05, 0) is 24.7 Å². The van der Waals surface area contributed by atoms with E-state index in [2.05, 4.69) is 20.2 Å². The molecule has 1 aromatic carbocycles. The summed E-state index contributed by atoms with van der Waals surface area (Å²) in [6.07, 6.45) is 7.94. The van der Waals surface area contributed by atoms with Crippen LogP contribution < -0.4 is 0 Å². The molecule has 0 N–H and O–H groups in total. The summed E-state index contributed by atoms with van der Waals surface area (Å²) >= 11 is 1.60. The van der Waals surface area contributed by atoms with Crippen LogP contribution in [0.3, 0.4) is 0 Å². The highest BCUT2D eigenvalue weighted by Gasteiger charge is 2.13. The molecule has 3 aromatic rings. The van der Waals surface area contributed by atoms with Crippen molar-refractivity contribution in [3.63, 3.8) is 0 Å². The first-order valence-corrected chi connectivity index (χ1v) is 11.7. The number of rotatable bonds is 10. The zero-order valence-electron chi connectivity index (χ0n) is 17.5. The van der Waals surface area contributed by atoms with E-state index in [1.807, 2.05) is 10.9 Å². The number of unbranched alkanes of at least 4 members (excludes halogenated alkanes) is 3. The van der Waals surface area contributed by atoms with E-state index in [1.165, 1.54) is 6.07 Å². The van der Waals surface area contributed by atoms with Gasteiger partial charge in [-0.15, -0.1) is 16.9 Å². The molecule has 0 spiro atoms. The van der Waals surface area contributed by atoms with Gasteiger partial charge in [0.25, 0.3) is 0 Å². The van der Waals surface area contributed by atoms with Crippen molar-refractivity contribution in [1.82, 2.24) is 24.9 Å². The van der Waals surface area contributed by atoms with Crippen molar-refractivity contribution in [2.24, 2.45) is 0 Å². The first-order valence-electron chi connectivity index (χ1n) is 10.7. The van der Waals surface area contributed by atoms with E-state index in [9.17, 15) is 8.78 Å². The molecule has 31 heavy (non-hydrogen) atoms. The number of hydrogen-bond donors (Lipinski definition) is 0. The minimum atomic E-state index is -0.597. The minimum Gasteiger partial charge on any atom is -0.379 e. The topological polar surface area (TPSA) is 56.1 Å². The van der Waals surface area contributed by atoms with Gasteiger partial charge in [-0.3, -0.25) is 14.6 Å². The molecule has 0 unspecified atom stereocenters. The third kappa shape index (κ3) is 6.21. The Morgan fingerprint density at radius 2 is 1.90 bits per heavy atom. The molecule has 0 bridgehead atoms. The third-order valence-electron chi connectivity index (χ3n) is 5.33. The van der Waals surface area contributed by atoms with Crippen LogP contribution in [0.25, 0.3) is 10.9 Å². The SMILES string of the molecule is Fc1cc(F)c2c(SCCCCCCn3cc(CN4CCOCC4)nn3)ccnc2c1. The van der Waals surface area contributed by atoms with Crippen molar-refractivity contribution in [1.29, 1.82) is 0 Å². The highest BCUT2D eigenvalue weighted by molar-refractivity contribution is 7.99. The molecule has 4 rings (SSSR count). The molecule has 1 fully saturated rings. The molecule has 0 aliphatic carbocycles. The highest BCUT2D eigenvalue weighted by atomic mass is 32.2. The van der Waals surface area contributed by atoms with Crippen molar-refractivity contribution >= 4 is 22.7 Å². The Hall–Kier alpha value is -2.10. The molecule has 9 heteroatoms. The predicted molar refractivity (Wildman–Crippen MR) is 117 cm³/mol. The summed E-state index contributed by atoms with van der Waals surface area (Å²) in [5, 5.41) is 8.92. The number of aromatic nitrogens is 4. The monoisotopic (exact) mass is 447 g/mol. The lowest BCUT2D eigenvalue weighted by Gasteiger charge is -2.25. The number of thioether (sulfide) groups is 1. The lowest BCUT2D eigenvalue weighted by Crippen LogP contribution is -2.35. The number of pyridine rings is 1. The summed E-state index contributed by atoms with van der Waals surface area (Å²) in [4.78, 5) is 7.24.